The fourth-order valence-corrected chi connectivity index (χ4v) is 1.49. The van der Waals surface area contributed by atoms with Crippen LogP contribution in [0.2, 0.25) is 0 Å². The minimum absolute atomic E-state index is 0.133. The first kappa shape index (κ1) is 13.4. The van der Waals surface area contributed by atoms with Crippen molar-refractivity contribution in [3.05, 3.63) is 25.3 Å². The van der Waals surface area contributed by atoms with E-state index in [1.807, 2.05) is 0 Å². The van der Waals surface area contributed by atoms with Crippen molar-refractivity contribution in [2.24, 2.45) is 0 Å². The van der Waals surface area contributed by atoms with Crippen molar-refractivity contribution in [3.63, 3.8) is 0 Å². The van der Waals surface area contributed by atoms with Crippen LogP contribution in [0.3, 0.4) is 0 Å². The first-order valence-electron chi connectivity index (χ1n) is 5.39. The second-order valence-corrected chi connectivity index (χ2v) is 3.63. The lowest BCUT2D eigenvalue weighted by atomic mass is 10.2. The molecule has 2 atom stereocenters. The van der Waals surface area contributed by atoms with Crippen molar-refractivity contribution in [3.8, 4) is 0 Å². The van der Waals surface area contributed by atoms with E-state index in [4.69, 9.17) is 14.2 Å². The van der Waals surface area contributed by atoms with Crippen LogP contribution >= 0.6 is 0 Å². The number of carbonyl (C=O) groups is 2. The highest BCUT2D eigenvalue weighted by atomic mass is 16.6. The molecule has 5 heteroatoms. The summed E-state index contributed by atoms with van der Waals surface area (Å²) in [5.41, 5.74) is 0. The first-order chi connectivity index (χ1) is 8.15. The second-order valence-electron chi connectivity index (χ2n) is 3.63. The quantitative estimate of drug-likeness (QED) is 0.512. The van der Waals surface area contributed by atoms with E-state index in [1.165, 1.54) is 0 Å². The largest absolute Gasteiger partial charge is 0.460 e. The maximum atomic E-state index is 10.8. The summed E-state index contributed by atoms with van der Waals surface area (Å²) in [4.78, 5) is 21.7. The highest BCUT2D eigenvalue weighted by Gasteiger charge is 2.26. The number of carbonyl (C=O) groups excluding carboxylic acids is 2. The fourth-order valence-electron chi connectivity index (χ4n) is 1.49. The van der Waals surface area contributed by atoms with Crippen LogP contribution < -0.4 is 0 Å². The Morgan fingerprint density at radius 2 is 1.47 bits per heavy atom. The summed E-state index contributed by atoms with van der Waals surface area (Å²) in [6, 6.07) is 0. The molecule has 0 saturated carbocycles. The maximum Gasteiger partial charge on any atom is 0.330 e. The molecule has 0 aromatic rings. The Balaban J connectivity index is 2.18. The van der Waals surface area contributed by atoms with E-state index in [1.54, 1.807) is 0 Å². The standard InChI is InChI=1S/C12H16O5/c1-3-11(13)15-7-9-5-6-10(17-9)8-16-12(14)4-2/h3-4,9-10H,1-2,5-8H2. The van der Waals surface area contributed by atoms with Gasteiger partial charge in [-0.25, -0.2) is 9.59 Å². The van der Waals surface area contributed by atoms with Crippen LogP contribution in [0.5, 0.6) is 0 Å². The van der Waals surface area contributed by atoms with E-state index in [2.05, 4.69) is 13.2 Å². The van der Waals surface area contributed by atoms with Crippen LogP contribution in [0.1, 0.15) is 12.8 Å². The van der Waals surface area contributed by atoms with Gasteiger partial charge in [0, 0.05) is 12.2 Å². The molecule has 1 rings (SSSR count). The van der Waals surface area contributed by atoms with Crippen molar-refractivity contribution in [1.29, 1.82) is 0 Å². The summed E-state index contributed by atoms with van der Waals surface area (Å²) in [5, 5.41) is 0. The predicted octanol–water partition coefficient (Wildman–Crippen LogP) is 0.992. The molecule has 94 valence electrons. The summed E-state index contributed by atoms with van der Waals surface area (Å²) >= 11 is 0. The number of hydrogen-bond acceptors (Lipinski definition) is 5. The summed E-state index contributed by atoms with van der Waals surface area (Å²) in [6.07, 6.45) is 3.51. The van der Waals surface area contributed by atoms with Gasteiger partial charge in [-0.1, -0.05) is 13.2 Å². The highest BCUT2D eigenvalue weighted by molar-refractivity contribution is 5.81. The van der Waals surface area contributed by atoms with Crippen LogP contribution in [-0.2, 0) is 23.8 Å². The molecule has 0 bridgehead atoms. The van der Waals surface area contributed by atoms with Gasteiger partial charge < -0.3 is 14.2 Å². The molecule has 0 aromatic carbocycles. The molecule has 0 amide bonds. The third-order valence-electron chi connectivity index (χ3n) is 2.35. The zero-order chi connectivity index (χ0) is 12.7. The molecule has 0 aliphatic carbocycles. The molecule has 17 heavy (non-hydrogen) atoms. The van der Waals surface area contributed by atoms with Gasteiger partial charge in [0.25, 0.3) is 0 Å². The maximum absolute atomic E-state index is 10.8. The third-order valence-corrected chi connectivity index (χ3v) is 2.35. The lowest BCUT2D eigenvalue weighted by molar-refractivity contribution is -0.144. The van der Waals surface area contributed by atoms with Crippen molar-refractivity contribution < 1.29 is 23.8 Å². The number of esters is 2. The smallest absolute Gasteiger partial charge is 0.330 e. The molecule has 1 heterocycles. The Morgan fingerprint density at radius 1 is 1.06 bits per heavy atom. The van der Waals surface area contributed by atoms with E-state index < -0.39 is 11.9 Å². The number of hydrogen-bond donors (Lipinski definition) is 0. The summed E-state index contributed by atoms with van der Waals surface area (Å²) < 4.78 is 15.3. The first-order valence-corrected chi connectivity index (χ1v) is 5.39. The van der Waals surface area contributed by atoms with E-state index in [-0.39, 0.29) is 25.4 Å². The zero-order valence-corrected chi connectivity index (χ0v) is 9.59. The van der Waals surface area contributed by atoms with Gasteiger partial charge in [-0.05, 0) is 12.8 Å². The zero-order valence-electron chi connectivity index (χ0n) is 9.59. The number of ether oxygens (including phenoxy) is 3. The average molecular weight is 240 g/mol. The SMILES string of the molecule is C=CC(=O)OCC1CCC(COC(=O)C=C)O1. The van der Waals surface area contributed by atoms with Gasteiger partial charge in [-0.15, -0.1) is 0 Å². The molecule has 0 spiro atoms. The summed E-state index contributed by atoms with van der Waals surface area (Å²) in [6.45, 7) is 7.00. The van der Waals surface area contributed by atoms with Gasteiger partial charge in [-0.3, -0.25) is 0 Å². The van der Waals surface area contributed by atoms with Gasteiger partial charge in [0.2, 0.25) is 0 Å². The average Bonchev–Trinajstić information content (AvgIpc) is 2.80. The highest BCUT2D eigenvalue weighted by Crippen LogP contribution is 2.20. The molecule has 1 fully saturated rings. The van der Waals surface area contributed by atoms with Crippen LogP contribution in [0, 0.1) is 0 Å². The predicted molar refractivity (Wildman–Crippen MR) is 60.2 cm³/mol. The topological polar surface area (TPSA) is 61.8 Å². The van der Waals surface area contributed by atoms with E-state index in [0.717, 1.165) is 25.0 Å². The lowest BCUT2D eigenvalue weighted by Gasteiger charge is -2.13. The Morgan fingerprint density at radius 3 is 1.82 bits per heavy atom. The Labute approximate surface area is 100 Å². The molecule has 0 aromatic heterocycles. The van der Waals surface area contributed by atoms with Gasteiger partial charge in [0.1, 0.15) is 13.2 Å². The van der Waals surface area contributed by atoms with Gasteiger partial charge in [0.05, 0.1) is 12.2 Å². The van der Waals surface area contributed by atoms with Crippen molar-refractivity contribution in [1.82, 2.24) is 0 Å². The number of rotatable bonds is 6. The van der Waals surface area contributed by atoms with Gasteiger partial charge in [-0.2, -0.15) is 0 Å². The molecule has 0 N–H and O–H groups in total. The van der Waals surface area contributed by atoms with Crippen molar-refractivity contribution >= 4 is 11.9 Å². The van der Waals surface area contributed by atoms with Crippen molar-refractivity contribution in [2.75, 3.05) is 13.2 Å². The summed E-state index contributed by atoms with van der Waals surface area (Å²) in [5.74, 6) is -0.926. The molecule has 5 nitrogen and oxygen atoms in total. The monoisotopic (exact) mass is 240 g/mol. The molecule has 1 aliphatic rings. The lowest BCUT2D eigenvalue weighted by Crippen LogP contribution is -2.22. The van der Waals surface area contributed by atoms with Gasteiger partial charge in [0.15, 0.2) is 0 Å². The summed E-state index contributed by atoms with van der Waals surface area (Å²) in [7, 11) is 0. The van der Waals surface area contributed by atoms with Crippen LogP contribution in [-0.4, -0.2) is 37.4 Å². The van der Waals surface area contributed by atoms with E-state index in [0.29, 0.717) is 0 Å². The van der Waals surface area contributed by atoms with E-state index in [9.17, 15) is 9.59 Å². The van der Waals surface area contributed by atoms with Crippen LogP contribution in [0.15, 0.2) is 25.3 Å². The van der Waals surface area contributed by atoms with Crippen molar-refractivity contribution in [2.45, 2.75) is 25.0 Å². The molecular weight excluding hydrogens is 224 g/mol. The minimum atomic E-state index is -0.463. The van der Waals surface area contributed by atoms with Crippen LogP contribution in [0.4, 0.5) is 0 Å². The Bertz CT molecular complexity index is 280. The van der Waals surface area contributed by atoms with Gasteiger partial charge >= 0.3 is 11.9 Å². The molecule has 0 radical (unpaired) electrons. The fraction of sp³-hybridized carbons (Fsp3) is 0.500. The molecule has 1 saturated heterocycles. The second kappa shape index (κ2) is 6.85. The van der Waals surface area contributed by atoms with Crippen LogP contribution in [0.25, 0.3) is 0 Å². The normalized spacial score (nSPS) is 22.8. The Hall–Kier alpha value is -1.62. The third kappa shape index (κ3) is 4.82. The molecular formula is C12H16O5. The minimum Gasteiger partial charge on any atom is -0.460 e. The Kier molecular flexibility index (Phi) is 5.42. The molecule has 1 aliphatic heterocycles. The van der Waals surface area contributed by atoms with E-state index >= 15 is 0 Å². The molecule has 2 unspecified atom stereocenters.